The highest BCUT2D eigenvalue weighted by atomic mass is 16.6. The molecule has 6 heteroatoms. The summed E-state index contributed by atoms with van der Waals surface area (Å²) in [6.45, 7) is 7.94. The Balaban J connectivity index is 2.29. The Labute approximate surface area is 135 Å². The molecule has 0 bridgehead atoms. The van der Waals surface area contributed by atoms with Crippen molar-refractivity contribution in [3.05, 3.63) is 35.4 Å². The summed E-state index contributed by atoms with van der Waals surface area (Å²) in [6.07, 6.45) is -0.811. The average Bonchev–Trinajstić information content (AvgIpc) is 2.44. The average molecular weight is 318 g/mol. The number of β-lactam (4-membered cyclic amide) rings is 1. The van der Waals surface area contributed by atoms with E-state index in [1.807, 2.05) is 20.8 Å². The third kappa shape index (κ3) is 3.70. The molecule has 1 heterocycles. The van der Waals surface area contributed by atoms with E-state index in [1.54, 1.807) is 29.2 Å². The molecule has 1 aliphatic heterocycles. The minimum atomic E-state index is -0.811. The van der Waals surface area contributed by atoms with Crippen LogP contribution in [0.25, 0.3) is 0 Å². The predicted molar refractivity (Wildman–Crippen MR) is 84.4 cm³/mol. The molecular formula is C17H22N2O4. The van der Waals surface area contributed by atoms with Gasteiger partial charge in [-0.3, -0.25) is 14.4 Å². The molecule has 1 aromatic rings. The van der Waals surface area contributed by atoms with Crippen LogP contribution in [0, 0.1) is 5.41 Å². The summed E-state index contributed by atoms with van der Waals surface area (Å²) in [4.78, 5) is 36.4. The van der Waals surface area contributed by atoms with E-state index >= 15 is 0 Å². The van der Waals surface area contributed by atoms with Crippen LogP contribution < -0.4 is 5.73 Å². The lowest BCUT2D eigenvalue weighted by molar-refractivity contribution is -0.184. The van der Waals surface area contributed by atoms with E-state index in [0.717, 1.165) is 5.56 Å². The van der Waals surface area contributed by atoms with Gasteiger partial charge in [-0.2, -0.15) is 0 Å². The third-order valence-electron chi connectivity index (χ3n) is 3.62. The smallest absolute Gasteiger partial charge is 0.303 e. The van der Waals surface area contributed by atoms with Gasteiger partial charge >= 0.3 is 5.97 Å². The number of likely N-dealkylation sites (tertiary alicyclic amines) is 1. The molecule has 1 fully saturated rings. The molecule has 0 radical (unpaired) electrons. The molecule has 0 spiro atoms. The monoisotopic (exact) mass is 318 g/mol. The van der Waals surface area contributed by atoms with Crippen LogP contribution in [-0.4, -0.2) is 35.3 Å². The quantitative estimate of drug-likeness (QED) is 0.675. The Morgan fingerprint density at radius 3 is 2.22 bits per heavy atom. The first-order chi connectivity index (χ1) is 10.6. The molecule has 1 aliphatic rings. The van der Waals surface area contributed by atoms with E-state index in [1.165, 1.54) is 6.92 Å². The van der Waals surface area contributed by atoms with Gasteiger partial charge in [0, 0.05) is 19.0 Å². The van der Waals surface area contributed by atoms with E-state index < -0.39 is 18.0 Å². The van der Waals surface area contributed by atoms with E-state index in [0.29, 0.717) is 12.1 Å². The number of benzene rings is 1. The maximum Gasteiger partial charge on any atom is 0.303 e. The molecule has 2 unspecified atom stereocenters. The van der Waals surface area contributed by atoms with Crippen molar-refractivity contribution in [3.8, 4) is 0 Å². The number of nitrogens with zero attached hydrogens (tertiary/aromatic N) is 1. The largest absolute Gasteiger partial charge is 0.450 e. The number of nitrogens with two attached hydrogens (primary N) is 1. The number of ether oxygens (including phenoxy) is 1. The van der Waals surface area contributed by atoms with Gasteiger partial charge in [-0.1, -0.05) is 32.9 Å². The zero-order valence-electron chi connectivity index (χ0n) is 13.8. The number of hydrogen-bond donors (Lipinski definition) is 1. The van der Waals surface area contributed by atoms with Crippen LogP contribution in [0.2, 0.25) is 0 Å². The maximum atomic E-state index is 12.3. The van der Waals surface area contributed by atoms with Crippen molar-refractivity contribution in [2.75, 3.05) is 6.54 Å². The van der Waals surface area contributed by atoms with Gasteiger partial charge in [0.05, 0.1) is 0 Å². The minimum absolute atomic E-state index is 0.0811. The van der Waals surface area contributed by atoms with Crippen molar-refractivity contribution in [1.82, 2.24) is 4.90 Å². The summed E-state index contributed by atoms with van der Waals surface area (Å²) in [5, 5.41) is 0. The molecule has 6 nitrogen and oxygen atoms in total. The number of primary amides is 1. The van der Waals surface area contributed by atoms with Crippen molar-refractivity contribution < 1.29 is 19.1 Å². The second-order valence-corrected chi connectivity index (χ2v) is 6.99. The molecule has 1 aromatic carbocycles. The lowest BCUT2D eigenvalue weighted by atomic mass is 9.86. The molecule has 2 N–H and O–H groups in total. The minimum Gasteiger partial charge on any atom is -0.450 e. The Kier molecular flexibility index (Phi) is 4.45. The molecule has 23 heavy (non-hydrogen) atoms. The van der Waals surface area contributed by atoms with Gasteiger partial charge in [0.25, 0.3) is 5.91 Å². The zero-order valence-corrected chi connectivity index (χ0v) is 13.8. The number of carbonyl (C=O) groups excluding carboxylic acids is 3. The third-order valence-corrected chi connectivity index (χ3v) is 3.62. The standard InChI is InChI=1S/C17H22N2O4/c1-10(20)23-14-13(19(16(14)22)9-17(2,3)4)11-5-7-12(8-6-11)15(18)21/h5-8,13-14H,9H2,1-4H3,(H2,18,21). The first-order valence-electron chi connectivity index (χ1n) is 7.47. The molecule has 2 atom stereocenters. The molecule has 2 rings (SSSR count). The van der Waals surface area contributed by atoms with Gasteiger partial charge < -0.3 is 15.4 Å². The van der Waals surface area contributed by atoms with Gasteiger partial charge in [0.15, 0.2) is 0 Å². The zero-order chi connectivity index (χ0) is 17.4. The fraction of sp³-hybridized carbons (Fsp3) is 0.471. The topological polar surface area (TPSA) is 89.7 Å². The normalized spacial score (nSPS) is 20.9. The maximum absolute atomic E-state index is 12.3. The second kappa shape index (κ2) is 6.02. The van der Waals surface area contributed by atoms with Gasteiger partial charge in [0.2, 0.25) is 12.0 Å². The Morgan fingerprint density at radius 1 is 1.22 bits per heavy atom. The molecular weight excluding hydrogens is 296 g/mol. The summed E-state index contributed by atoms with van der Waals surface area (Å²) >= 11 is 0. The van der Waals surface area contributed by atoms with Crippen LogP contribution in [0.15, 0.2) is 24.3 Å². The summed E-state index contributed by atoms with van der Waals surface area (Å²) in [7, 11) is 0. The van der Waals surface area contributed by atoms with Crippen LogP contribution in [-0.2, 0) is 14.3 Å². The fourth-order valence-electron chi connectivity index (χ4n) is 2.70. The van der Waals surface area contributed by atoms with Gasteiger partial charge in [-0.05, 0) is 23.1 Å². The van der Waals surface area contributed by atoms with Crippen LogP contribution >= 0.6 is 0 Å². The lowest BCUT2D eigenvalue weighted by Gasteiger charge is -2.48. The van der Waals surface area contributed by atoms with Crippen LogP contribution in [0.1, 0.15) is 49.7 Å². The molecule has 0 saturated carbocycles. The van der Waals surface area contributed by atoms with E-state index in [9.17, 15) is 14.4 Å². The van der Waals surface area contributed by atoms with Crippen LogP contribution in [0.5, 0.6) is 0 Å². The molecule has 124 valence electrons. The Bertz CT molecular complexity index is 631. The highest BCUT2D eigenvalue weighted by Crippen LogP contribution is 2.39. The Hall–Kier alpha value is -2.37. The summed E-state index contributed by atoms with van der Waals surface area (Å²) in [5.74, 6) is -1.19. The highest BCUT2D eigenvalue weighted by Gasteiger charge is 2.51. The summed E-state index contributed by atoms with van der Waals surface area (Å²) in [6, 6.07) is 6.36. The summed E-state index contributed by atoms with van der Waals surface area (Å²) < 4.78 is 5.17. The van der Waals surface area contributed by atoms with E-state index in [4.69, 9.17) is 10.5 Å². The van der Waals surface area contributed by atoms with Crippen molar-refractivity contribution in [1.29, 1.82) is 0 Å². The number of hydrogen-bond acceptors (Lipinski definition) is 4. The number of carbonyl (C=O) groups is 3. The first-order valence-corrected chi connectivity index (χ1v) is 7.47. The van der Waals surface area contributed by atoms with Crippen molar-refractivity contribution in [2.24, 2.45) is 11.1 Å². The lowest BCUT2D eigenvalue weighted by Crippen LogP contribution is -2.61. The number of amides is 2. The molecule has 0 aliphatic carbocycles. The Morgan fingerprint density at radius 2 is 1.78 bits per heavy atom. The van der Waals surface area contributed by atoms with Gasteiger partial charge in [-0.25, -0.2) is 0 Å². The SMILES string of the molecule is CC(=O)OC1C(=O)N(CC(C)(C)C)C1c1ccc(C(N)=O)cc1. The van der Waals surface area contributed by atoms with Crippen molar-refractivity contribution in [3.63, 3.8) is 0 Å². The molecule has 1 saturated heterocycles. The second-order valence-electron chi connectivity index (χ2n) is 6.99. The number of rotatable bonds is 4. The van der Waals surface area contributed by atoms with Gasteiger partial charge in [0.1, 0.15) is 6.04 Å². The summed E-state index contributed by atoms with van der Waals surface area (Å²) in [5.41, 5.74) is 6.36. The van der Waals surface area contributed by atoms with E-state index in [-0.39, 0.29) is 17.4 Å². The predicted octanol–water partition coefficient (Wildman–Crippen LogP) is 1.65. The first kappa shape index (κ1) is 17.0. The highest BCUT2D eigenvalue weighted by molar-refractivity contribution is 5.93. The molecule has 2 amide bonds. The van der Waals surface area contributed by atoms with Crippen LogP contribution in [0.3, 0.4) is 0 Å². The molecule has 0 aromatic heterocycles. The van der Waals surface area contributed by atoms with Crippen LogP contribution in [0.4, 0.5) is 0 Å². The van der Waals surface area contributed by atoms with Crippen molar-refractivity contribution in [2.45, 2.75) is 39.8 Å². The van der Waals surface area contributed by atoms with Gasteiger partial charge in [-0.15, -0.1) is 0 Å². The van der Waals surface area contributed by atoms with E-state index in [2.05, 4.69) is 0 Å². The number of esters is 1. The van der Waals surface area contributed by atoms with Crippen molar-refractivity contribution >= 4 is 17.8 Å². The fourth-order valence-corrected chi connectivity index (χ4v) is 2.70.